The Morgan fingerprint density at radius 1 is 1.40 bits per heavy atom. The van der Waals surface area contributed by atoms with Crippen molar-refractivity contribution >= 4 is 5.91 Å². The molecule has 6 heteroatoms. The lowest BCUT2D eigenvalue weighted by Crippen LogP contribution is -2.36. The Kier molecular flexibility index (Phi) is 3.30. The van der Waals surface area contributed by atoms with Crippen LogP contribution in [0, 0.1) is 6.92 Å². The number of nitrogens with one attached hydrogen (secondary N) is 1. The minimum atomic E-state index is -0.00288. The molecule has 3 heterocycles. The largest absolute Gasteiger partial charge is 0.348 e. The summed E-state index contributed by atoms with van der Waals surface area (Å²) < 4.78 is 3.99. The van der Waals surface area contributed by atoms with E-state index in [0.717, 1.165) is 37.5 Å². The third-order valence-electron chi connectivity index (χ3n) is 3.94. The number of aryl methyl sites for hydroxylation is 3. The molecule has 0 spiro atoms. The zero-order valence-electron chi connectivity index (χ0n) is 11.8. The Morgan fingerprint density at radius 3 is 3.00 bits per heavy atom. The number of hydrogen-bond acceptors (Lipinski definition) is 3. The topological polar surface area (TPSA) is 64.7 Å². The van der Waals surface area contributed by atoms with Gasteiger partial charge in [-0.25, -0.2) is 0 Å². The van der Waals surface area contributed by atoms with Gasteiger partial charge in [-0.05, 0) is 31.9 Å². The molecule has 1 aliphatic rings. The van der Waals surface area contributed by atoms with E-state index in [9.17, 15) is 4.79 Å². The number of fused-ring (bicyclic) bond motifs is 1. The molecule has 2 aromatic heterocycles. The quantitative estimate of drug-likeness (QED) is 0.890. The van der Waals surface area contributed by atoms with Crippen LogP contribution in [0.3, 0.4) is 0 Å². The van der Waals surface area contributed by atoms with Gasteiger partial charge in [0.15, 0.2) is 0 Å². The highest BCUT2D eigenvalue weighted by Crippen LogP contribution is 2.15. The van der Waals surface area contributed by atoms with Gasteiger partial charge < -0.3 is 14.5 Å². The first-order chi connectivity index (χ1) is 9.65. The second-order valence-corrected chi connectivity index (χ2v) is 5.32. The standard InChI is InChI=1S/C14H19N5O/c1-10-16-17-13-6-5-11(7-9-19(10)13)15-14(20)12-4-3-8-18(12)2/h3-4,8,11H,5-7,9H2,1-2H3,(H,15,20). The summed E-state index contributed by atoms with van der Waals surface area (Å²) in [5.41, 5.74) is 0.699. The third-order valence-corrected chi connectivity index (χ3v) is 3.94. The lowest BCUT2D eigenvalue weighted by Gasteiger charge is -2.16. The van der Waals surface area contributed by atoms with Crippen molar-refractivity contribution in [1.82, 2.24) is 24.6 Å². The van der Waals surface area contributed by atoms with Gasteiger partial charge in [-0.3, -0.25) is 4.79 Å². The zero-order valence-corrected chi connectivity index (χ0v) is 11.8. The fourth-order valence-corrected chi connectivity index (χ4v) is 2.73. The van der Waals surface area contributed by atoms with E-state index in [-0.39, 0.29) is 11.9 Å². The van der Waals surface area contributed by atoms with Gasteiger partial charge in [-0.15, -0.1) is 10.2 Å². The first-order valence-corrected chi connectivity index (χ1v) is 6.96. The smallest absolute Gasteiger partial charge is 0.268 e. The summed E-state index contributed by atoms with van der Waals surface area (Å²) in [5, 5.41) is 11.4. The van der Waals surface area contributed by atoms with E-state index < -0.39 is 0 Å². The fourth-order valence-electron chi connectivity index (χ4n) is 2.73. The maximum atomic E-state index is 12.2. The lowest BCUT2D eigenvalue weighted by molar-refractivity contribution is 0.0924. The molecule has 1 N–H and O–H groups in total. The molecule has 6 nitrogen and oxygen atoms in total. The minimum absolute atomic E-state index is 0.00288. The number of nitrogens with zero attached hydrogens (tertiary/aromatic N) is 4. The predicted molar refractivity (Wildman–Crippen MR) is 74.4 cm³/mol. The number of hydrogen-bond donors (Lipinski definition) is 1. The number of aromatic nitrogens is 4. The Balaban J connectivity index is 1.66. The van der Waals surface area contributed by atoms with E-state index >= 15 is 0 Å². The van der Waals surface area contributed by atoms with Gasteiger partial charge in [0, 0.05) is 32.3 Å². The van der Waals surface area contributed by atoms with E-state index in [0.29, 0.717) is 5.69 Å². The van der Waals surface area contributed by atoms with Gasteiger partial charge in [0.2, 0.25) is 0 Å². The molecule has 106 valence electrons. The van der Waals surface area contributed by atoms with Crippen LogP contribution in [-0.2, 0) is 20.0 Å². The van der Waals surface area contributed by atoms with Gasteiger partial charge in [0.25, 0.3) is 5.91 Å². The van der Waals surface area contributed by atoms with Gasteiger partial charge in [0.05, 0.1) is 0 Å². The molecule has 0 aromatic carbocycles. The van der Waals surface area contributed by atoms with Crippen molar-refractivity contribution in [2.75, 3.05) is 0 Å². The Hall–Kier alpha value is -2.11. The molecule has 1 atom stereocenters. The van der Waals surface area contributed by atoms with Crippen molar-refractivity contribution in [3.05, 3.63) is 35.7 Å². The Morgan fingerprint density at radius 2 is 2.25 bits per heavy atom. The van der Waals surface area contributed by atoms with Crippen LogP contribution in [0.5, 0.6) is 0 Å². The van der Waals surface area contributed by atoms with E-state index in [1.54, 1.807) is 0 Å². The molecular weight excluding hydrogens is 254 g/mol. The van der Waals surface area contributed by atoms with Crippen molar-refractivity contribution in [1.29, 1.82) is 0 Å². The normalized spacial score (nSPS) is 18.4. The average Bonchev–Trinajstić information content (AvgIpc) is 2.93. The first kappa shape index (κ1) is 12.9. The highest BCUT2D eigenvalue weighted by molar-refractivity contribution is 5.92. The molecule has 0 bridgehead atoms. The van der Waals surface area contributed by atoms with Crippen LogP contribution in [-0.4, -0.2) is 31.3 Å². The Labute approximate surface area is 117 Å². The molecule has 0 fully saturated rings. The maximum Gasteiger partial charge on any atom is 0.268 e. The first-order valence-electron chi connectivity index (χ1n) is 6.96. The van der Waals surface area contributed by atoms with Crippen molar-refractivity contribution in [3.8, 4) is 0 Å². The molecule has 0 radical (unpaired) electrons. The summed E-state index contributed by atoms with van der Waals surface area (Å²) in [7, 11) is 1.88. The van der Waals surface area contributed by atoms with Crippen LogP contribution in [0.2, 0.25) is 0 Å². The summed E-state index contributed by atoms with van der Waals surface area (Å²) in [6, 6.07) is 3.91. The summed E-state index contributed by atoms with van der Waals surface area (Å²) in [6.07, 6.45) is 4.57. The van der Waals surface area contributed by atoms with Gasteiger partial charge in [0.1, 0.15) is 17.3 Å². The number of carbonyl (C=O) groups excluding carboxylic acids is 1. The maximum absolute atomic E-state index is 12.2. The molecule has 3 rings (SSSR count). The summed E-state index contributed by atoms with van der Waals surface area (Å²) in [4.78, 5) is 12.2. The molecule has 1 aliphatic heterocycles. The van der Waals surface area contributed by atoms with Crippen molar-refractivity contribution in [2.24, 2.45) is 7.05 Å². The van der Waals surface area contributed by atoms with Crippen LogP contribution in [0.1, 0.15) is 35.0 Å². The predicted octanol–water partition coefficient (Wildman–Crippen LogP) is 1.06. The van der Waals surface area contributed by atoms with Crippen molar-refractivity contribution < 1.29 is 4.79 Å². The van der Waals surface area contributed by atoms with Crippen LogP contribution in [0.4, 0.5) is 0 Å². The van der Waals surface area contributed by atoms with Gasteiger partial charge in [-0.1, -0.05) is 0 Å². The SMILES string of the molecule is Cc1nnc2n1CCC(NC(=O)c1cccn1C)CC2. The lowest BCUT2D eigenvalue weighted by atomic mass is 10.1. The van der Waals surface area contributed by atoms with Crippen molar-refractivity contribution in [3.63, 3.8) is 0 Å². The number of carbonyl (C=O) groups is 1. The molecule has 0 aliphatic carbocycles. The molecule has 0 saturated carbocycles. The highest BCUT2D eigenvalue weighted by atomic mass is 16.2. The highest BCUT2D eigenvalue weighted by Gasteiger charge is 2.21. The second-order valence-electron chi connectivity index (χ2n) is 5.32. The van der Waals surface area contributed by atoms with Crippen molar-refractivity contribution in [2.45, 2.75) is 38.8 Å². The fraction of sp³-hybridized carbons (Fsp3) is 0.500. The van der Waals surface area contributed by atoms with E-state index in [1.165, 1.54) is 0 Å². The number of amides is 1. The summed E-state index contributed by atoms with van der Waals surface area (Å²) in [6.45, 7) is 2.84. The average molecular weight is 273 g/mol. The molecule has 1 unspecified atom stereocenters. The van der Waals surface area contributed by atoms with E-state index in [4.69, 9.17) is 0 Å². The van der Waals surface area contributed by atoms with Crippen LogP contribution in [0.25, 0.3) is 0 Å². The van der Waals surface area contributed by atoms with Crippen LogP contribution in [0.15, 0.2) is 18.3 Å². The Bertz CT molecular complexity index is 627. The van der Waals surface area contributed by atoms with Crippen LogP contribution < -0.4 is 5.32 Å². The molecule has 0 saturated heterocycles. The van der Waals surface area contributed by atoms with E-state index in [1.807, 2.05) is 36.9 Å². The summed E-state index contributed by atoms with van der Waals surface area (Å²) >= 11 is 0. The zero-order chi connectivity index (χ0) is 14.1. The molecular formula is C14H19N5O. The molecule has 20 heavy (non-hydrogen) atoms. The number of rotatable bonds is 2. The molecule has 2 aromatic rings. The summed E-state index contributed by atoms with van der Waals surface area (Å²) in [5.74, 6) is 1.98. The third kappa shape index (κ3) is 2.33. The second kappa shape index (κ2) is 5.11. The van der Waals surface area contributed by atoms with Gasteiger partial charge >= 0.3 is 0 Å². The minimum Gasteiger partial charge on any atom is -0.348 e. The van der Waals surface area contributed by atoms with E-state index in [2.05, 4.69) is 20.1 Å². The van der Waals surface area contributed by atoms with Crippen LogP contribution >= 0.6 is 0 Å². The monoisotopic (exact) mass is 273 g/mol. The molecule has 1 amide bonds. The van der Waals surface area contributed by atoms with Gasteiger partial charge in [-0.2, -0.15) is 0 Å².